The molecule has 3 aromatic rings. The predicted octanol–water partition coefficient (Wildman–Crippen LogP) is 4.47. The third kappa shape index (κ3) is 3.29. The standard InChI is InChI=1S/C19H17N3OS/c1-13(2)12-22(18(23)15-9-7-14(11-20)8-10-15)19-21-16-5-3-4-6-17(16)24-19/h3-10,13H,12H2,1-2H3. The van der Waals surface area contributed by atoms with E-state index in [1.807, 2.05) is 24.3 Å². The Kier molecular flexibility index (Phi) is 4.59. The zero-order valence-electron chi connectivity index (χ0n) is 13.6. The van der Waals surface area contributed by atoms with Crippen molar-refractivity contribution in [2.45, 2.75) is 13.8 Å². The summed E-state index contributed by atoms with van der Waals surface area (Å²) in [5, 5.41) is 9.61. The summed E-state index contributed by atoms with van der Waals surface area (Å²) in [6, 6.07) is 16.7. The summed E-state index contributed by atoms with van der Waals surface area (Å²) in [7, 11) is 0. The minimum Gasteiger partial charge on any atom is -0.284 e. The van der Waals surface area contributed by atoms with Crippen molar-refractivity contribution in [2.75, 3.05) is 11.4 Å². The zero-order chi connectivity index (χ0) is 17.1. The lowest BCUT2D eigenvalue weighted by atomic mass is 10.1. The van der Waals surface area contributed by atoms with Gasteiger partial charge in [-0.15, -0.1) is 0 Å². The summed E-state index contributed by atoms with van der Waals surface area (Å²) in [5.41, 5.74) is 2.01. The van der Waals surface area contributed by atoms with Gasteiger partial charge in [-0.3, -0.25) is 9.69 Å². The van der Waals surface area contributed by atoms with E-state index in [9.17, 15) is 4.79 Å². The first-order chi connectivity index (χ1) is 11.6. The third-order valence-electron chi connectivity index (χ3n) is 3.57. The van der Waals surface area contributed by atoms with Gasteiger partial charge < -0.3 is 0 Å². The van der Waals surface area contributed by atoms with Gasteiger partial charge in [0.05, 0.1) is 21.8 Å². The van der Waals surface area contributed by atoms with Gasteiger partial charge in [0.1, 0.15) is 0 Å². The summed E-state index contributed by atoms with van der Waals surface area (Å²) >= 11 is 1.52. The number of amides is 1. The van der Waals surface area contributed by atoms with E-state index in [0.29, 0.717) is 28.7 Å². The molecular weight excluding hydrogens is 318 g/mol. The Morgan fingerprint density at radius 3 is 2.54 bits per heavy atom. The number of para-hydroxylation sites is 1. The number of anilines is 1. The molecule has 0 saturated carbocycles. The Bertz CT molecular complexity index is 873. The van der Waals surface area contributed by atoms with E-state index in [-0.39, 0.29) is 5.91 Å². The summed E-state index contributed by atoms with van der Waals surface area (Å²) in [4.78, 5) is 19.3. The largest absolute Gasteiger partial charge is 0.284 e. The molecule has 0 atom stereocenters. The molecule has 1 heterocycles. The molecule has 2 aromatic carbocycles. The van der Waals surface area contributed by atoms with Gasteiger partial charge in [0.25, 0.3) is 5.91 Å². The molecule has 0 bridgehead atoms. The molecule has 0 radical (unpaired) electrons. The molecule has 0 aliphatic rings. The lowest BCUT2D eigenvalue weighted by molar-refractivity contribution is 0.0984. The topological polar surface area (TPSA) is 57.0 Å². The predicted molar refractivity (Wildman–Crippen MR) is 97.3 cm³/mol. The SMILES string of the molecule is CC(C)CN(C(=O)c1ccc(C#N)cc1)c1nc2ccccc2s1. The van der Waals surface area contributed by atoms with E-state index in [4.69, 9.17) is 5.26 Å². The maximum Gasteiger partial charge on any atom is 0.260 e. The van der Waals surface area contributed by atoms with Crippen LogP contribution in [0.15, 0.2) is 48.5 Å². The van der Waals surface area contributed by atoms with Crippen molar-refractivity contribution in [1.29, 1.82) is 5.26 Å². The number of nitriles is 1. The molecule has 0 fully saturated rings. The molecule has 24 heavy (non-hydrogen) atoms. The van der Waals surface area contributed by atoms with Crippen molar-refractivity contribution in [2.24, 2.45) is 5.92 Å². The van der Waals surface area contributed by atoms with Crippen LogP contribution in [0, 0.1) is 17.2 Å². The van der Waals surface area contributed by atoms with Crippen LogP contribution < -0.4 is 4.90 Å². The van der Waals surface area contributed by atoms with Crippen LogP contribution in [0.25, 0.3) is 10.2 Å². The lowest BCUT2D eigenvalue weighted by Crippen LogP contribution is -2.34. The highest BCUT2D eigenvalue weighted by molar-refractivity contribution is 7.22. The Morgan fingerprint density at radius 2 is 1.92 bits per heavy atom. The number of hydrogen-bond donors (Lipinski definition) is 0. The smallest absolute Gasteiger partial charge is 0.260 e. The molecule has 0 unspecified atom stereocenters. The Morgan fingerprint density at radius 1 is 1.21 bits per heavy atom. The van der Waals surface area contributed by atoms with Crippen LogP contribution in [0.1, 0.15) is 29.8 Å². The minimum atomic E-state index is -0.0905. The summed E-state index contributed by atoms with van der Waals surface area (Å²) < 4.78 is 1.06. The molecule has 3 rings (SSSR count). The second-order valence-electron chi connectivity index (χ2n) is 5.96. The highest BCUT2D eigenvalue weighted by Crippen LogP contribution is 2.30. The van der Waals surface area contributed by atoms with E-state index in [1.165, 1.54) is 11.3 Å². The molecule has 1 amide bonds. The number of thiazole rings is 1. The molecular formula is C19H17N3OS. The number of benzene rings is 2. The Hall–Kier alpha value is -2.71. The van der Waals surface area contributed by atoms with Crippen LogP contribution in [-0.2, 0) is 0 Å². The van der Waals surface area contributed by atoms with Crippen LogP contribution in [0.4, 0.5) is 5.13 Å². The van der Waals surface area contributed by atoms with Crippen LogP contribution in [0.5, 0.6) is 0 Å². The average molecular weight is 335 g/mol. The maximum atomic E-state index is 13.0. The van der Waals surface area contributed by atoms with Gasteiger partial charge in [0.2, 0.25) is 0 Å². The van der Waals surface area contributed by atoms with E-state index >= 15 is 0 Å². The van der Waals surface area contributed by atoms with Gasteiger partial charge in [-0.2, -0.15) is 5.26 Å². The molecule has 4 nitrogen and oxygen atoms in total. The van der Waals surface area contributed by atoms with Crippen molar-refractivity contribution in [1.82, 2.24) is 4.98 Å². The van der Waals surface area contributed by atoms with E-state index in [1.54, 1.807) is 29.2 Å². The highest BCUT2D eigenvalue weighted by Gasteiger charge is 2.22. The van der Waals surface area contributed by atoms with Gasteiger partial charge in [-0.1, -0.05) is 37.3 Å². The van der Waals surface area contributed by atoms with Crippen molar-refractivity contribution >= 4 is 32.6 Å². The third-order valence-corrected chi connectivity index (χ3v) is 4.63. The van der Waals surface area contributed by atoms with E-state index < -0.39 is 0 Å². The lowest BCUT2D eigenvalue weighted by Gasteiger charge is -2.22. The number of carbonyl (C=O) groups excluding carboxylic acids is 1. The number of carbonyl (C=O) groups is 1. The fourth-order valence-corrected chi connectivity index (χ4v) is 3.40. The first kappa shape index (κ1) is 16.2. The molecule has 0 spiro atoms. The van der Waals surface area contributed by atoms with Crippen molar-refractivity contribution < 1.29 is 4.79 Å². The van der Waals surface area contributed by atoms with Crippen LogP contribution in [0.3, 0.4) is 0 Å². The van der Waals surface area contributed by atoms with Crippen LogP contribution >= 0.6 is 11.3 Å². The number of hydrogen-bond acceptors (Lipinski definition) is 4. The second kappa shape index (κ2) is 6.81. The quantitative estimate of drug-likeness (QED) is 0.707. The highest BCUT2D eigenvalue weighted by atomic mass is 32.1. The maximum absolute atomic E-state index is 13.0. The second-order valence-corrected chi connectivity index (χ2v) is 6.97. The van der Waals surface area contributed by atoms with Crippen molar-refractivity contribution in [3.63, 3.8) is 0 Å². The van der Waals surface area contributed by atoms with Gasteiger partial charge >= 0.3 is 0 Å². The molecule has 120 valence electrons. The van der Waals surface area contributed by atoms with Crippen LogP contribution in [0.2, 0.25) is 0 Å². The normalized spacial score (nSPS) is 10.8. The molecule has 0 saturated heterocycles. The van der Waals surface area contributed by atoms with E-state index in [2.05, 4.69) is 24.9 Å². The van der Waals surface area contributed by atoms with Gasteiger partial charge in [0.15, 0.2) is 5.13 Å². The number of nitrogens with zero attached hydrogens (tertiary/aromatic N) is 3. The Labute approximate surface area is 145 Å². The average Bonchev–Trinajstić information content (AvgIpc) is 3.03. The van der Waals surface area contributed by atoms with Crippen molar-refractivity contribution in [3.8, 4) is 6.07 Å². The van der Waals surface area contributed by atoms with Gasteiger partial charge in [-0.25, -0.2) is 4.98 Å². The summed E-state index contributed by atoms with van der Waals surface area (Å²) in [5.74, 6) is 0.228. The number of rotatable bonds is 4. The first-order valence-corrected chi connectivity index (χ1v) is 8.57. The summed E-state index contributed by atoms with van der Waals surface area (Å²) in [6.07, 6.45) is 0. The molecule has 0 aliphatic carbocycles. The minimum absolute atomic E-state index is 0.0905. The molecule has 0 aliphatic heterocycles. The monoisotopic (exact) mass is 335 g/mol. The van der Waals surface area contributed by atoms with E-state index in [0.717, 1.165) is 10.2 Å². The first-order valence-electron chi connectivity index (χ1n) is 7.76. The Balaban J connectivity index is 1.98. The fourth-order valence-electron chi connectivity index (χ4n) is 2.43. The van der Waals surface area contributed by atoms with Crippen molar-refractivity contribution in [3.05, 3.63) is 59.7 Å². The van der Waals surface area contributed by atoms with Crippen LogP contribution in [-0.4, -0.2) is 17.4 Å². The van der Waals surface area contributed by atoms with Gasteiger partial charge in [-0.05, 0) is 42.3 Å². The number of fused-ring (bicyclic) bond motifs is 1. The molecule has 0 N–H and O–H groups in total. The van der Waals surface area contributed by atoms with Gasteiger partial charge in [0, 0.05) is 12.1 Å². The number of aromatic nitrogens is 1. The fraction of sp³-hybridized carbons (Fsp3) is 0.211. The summed E-state index contributed by atoms with van der Waals surface area (Å²) in [6.45, 7) is 4.75. The zero-order valence-corrected chi connectivity index (χ0v) is 14.4. The molecule has 5 heteroatoms. The molecule has 1 aromatic heterocycles.